The highest BCUT2D eigenvalue weighted by Gasteiger charge is 2.28. The molecule has 2 amide bonds. The minimum Gasteiger partial charge on any atom is -0.467 e. The number of rotatable bonds is 8. The quantitative estimate of drug-likeness (QED) is 0.421. The molecular weight excluding hydrogens is 490 g/mol. The largest absolute Gasteiger partial charge is 0.467 e. The Morgan fingerprint density at radius 2 is 1.55 bits per heavy atom. The van der Waals surface area contributed by atoms with Crippen molar-refractivity contribution in [1.29, 1.82) is 0 Å². The van der Waals surface area contributed by atoms with Gasteiger partial charge in [0.1, 0.15) is 17.9 Å². The molecule has 0 radical (unpaired) electrons. The molecule has 0 aliphatic carbocycles. The van der Waals surface area contributed by atoms with Crippen molar-refractivity contribution >= 4 is 40.4 Å². The number of halogens is 2. The Morgan fingerprint density at radius 1 is 0.966 bits per heavy atom. The zero-order chi connectivity index (χ0) is 21.4. The first-order valence-electron chi connectivity index (χ1n) is 8.94. The van der Waals surface area contributed by atoms with Crippen LogP contribution in [-0.4, -0.2) is 37.0 Å². The fourth-order valence-corrected chi connectivity index (χ4v) is 3.44. The van der Waals surface area contributed by atoms with E-state index in [0.717, 1.165) is 9.13 Å². The summed E-state index contributed by atoms with van der Waals surface area (Å²) in [5, 5.41) is 5.16. The van der Waals surface area contributed by atoms with Crippen LogP contribution in [-0.2, 0) is 32.0 Å². The molecule has 0 fully saturated rings. The molecule has 0 aromatic heterocycles. The summed E-state index contributed by atoms with van der Waals surface area (Å²) >= 11 is 2.15. The van der Waals surface area contributed by atoms with Crippen molar-refractivity contribution in [1.82, 2.24) is 10.6 Å². The van der Waals surface area contributed by atoms with Crippen molar-refractivity contribution in [3.8, 4) is 0 Å². The molecule has 6 nitrogen and oxygen atoms in total. The molecule has 0 heterocycles. The number of hydrogen-bond acceptors (Lipinski definition) is 4. The van der Waals surface area contributed by atoms with E-state index in [4.69, 9.17) is 4.74 Å². The van der Waals surface area contributed by atoms with Crippen LogP contribution in [0.2, 0.25) is 0 Å². The maximum atomic E-state index is 14.0. The van der Waals surface area contributed by atoms with Gasteiger partial charge >= 0.3 is 5.97 Å². The second kappa shape index (κ2) is 10.9. The van der Waals surface area contributed by atoms with Crippen LogP contribution in [0, 0.1) is 9.39 Å². The summed E-state index contributed by atoms with van der Waals surface area (Å²) in [5.41, 5.74) is 1.16. The first-order chi connectivity index (χ1) is 13.8. The van der Waals surface area contributed by atoms with E-state index < -0.39 is 35.7 Å². The maximum Gasteiger partial charge on any atom is 0.328 e. The third kappa shape index (κ3) is 6.81. The molecule has 2 atom stereocenters. The molecule has 0 saturated heterocycles. The van der Waals surface area contributed by atoms with Gasteiger partial charge in [-0.25, -0.2) is 9.18 Å². The number of carbonyl (C=O) groups is 3. The highest BCUT2D eigenvalue weighted by atomic mass is 127. The highest BCUT2D eigenvalue weighted by molar-refractivity contribution is 14.1. The first-order valence-corrected chi connectivity index (χ1v) is 10.0. The van der Waals surface area contributed by atoms with E-state index >= 15 is 0 Å². The van der Waals surface area contributed by atoms with Gasteiger partial charge in [0.25, 0.3) is 0 Å². The van der Waals surface area contributed by atoms with Crippen LogP contribution in [0.1, 0.15) is 18.1 Å². The number of nitrogens with one attached hydrogen (secondary N) is 2. The third-order valence-corrected chi connectivity index (χ3v) is 5.31. The average Bonchev–Trinajstić information content (AvgIpc) is 2.69. The molecule has 29 heavy (non-hydrogen) atoms. The molecule has 0 saturated carbocycles. The van der Waals surface area contributed by atoms with Crippen molar-refractivity contribution in [3.63, 3.8) is 0 Å². The first kappa shape index (κ1) is 22.8. The minimum atomic E-state index is -1.04. The van der Waals surface area contributed by atoms with Crippen LogP contribution in [0.3, 0.4) is 0 Å². The maximum absolute atomic E-state index is 14.0. The molecule has 2 aromatic carbocycles. The van der Waals surface area contributed by atoms with Gasteiger partial charge in [-0.1, -0.05) is 36.4 Å². The molecule has 2 rings (SSSR count). The number of hydrogen-bond donors (Lipinski definition) is 2. The molecule has 2 aromatic rings. The van der Waals surface area contributed by atoms with Crippen LogP contribution in [0.25, 0.3) is 0 Å². The fraction of sp³-hybridized carbons (Fsp3) is 0.286. The highest BCUT2D eigenvalue weighted by Crippen LogP contribution is 2.15. The lowest BCUT2D eigenvalue weighted by molar-refractivity contribution is -0.145. The average molecular weight is 512 g/mol. The Morgan fingerprint density at radius 3 is 2.14 bits per heavy atom. The van der Waals surface area contributed by atoms with E-state index in [2.05, 4.69) is 33.2 Å². The number of carbonyl (C=O) groups excluding carboxylic acids is 3. The van der Waals surface area contributed by atoms with Crippen LogP contribution in [0.15, 0.2) is 48.5 Å². The van der Waals surface area contributed by atoms with Gasteiger partial charge in [-0.3, -0.25) is 9.59 Å². The molecule has 2 N–H and O–H groups in total. The van der Waals surface area contributed by atoms with E-state index in [1.165, 1.54) is 20.1 Å². The summed E-state index contributed by atoms with van der Waals surface area (Å²) in [5.74, 6) is -2.11. The van der Waals surface area contributed by atoms with E-state index in [1.54, 1.807) is 18.2 Å². The summed E-state index contributed by atoms with van der Waals surface area (Å²) < 4.78 is 19.8. The standard InChI is InChI=1S/C21H22FIN2O4/c1-13(26)24-18(11-14-7-3-5-9-16(14)22)20(27)25-19(21(28)29-2)12-15-8-4-6-10-17(15)23/h3-10,18-19H,11-12H2,1-2H3,(H,24,26)(H,25,27)/t18-,19+/m0/s1. The Balaban J connectivity index is 2.20. The second-order valence-corrected chi connectivity index (χ2v) is 7.59. The van der Waals surface area contributed by atoms with Gasteiger partial charge in [-0.05, 0) is 45.9 Å². The van der Waals surface area contributed by atoms with Gasteiger partial charge in [0, 0.05) is 23.3 Å². The van der Waals surface area contributed by atoms with Gasteiger partial charge in [0.15, 0.2) is 0 Å². The predicted octanol–water partition coefficient (Wildman–Crippen LogP) is 2.38. The molecule has 0 aliphatic rings. The zero-order valence-corrected chi connectivity index (χ0v) is 18.2. The fourth-order valence-electron chi connectivity index (χ4n) is 2.83. The topological polar surface area (TPSA) is 84.5 Å². The van der Waals surface area contributed by atoms with Gasteiger partial charge in [0.2, 0.25) is 11.8 Å². The van der Waals surface area contributed by atoms with E-state index in [0.29, 0.717) is 0 Å². The van der Waals surface area contributed by atoms with Crippen molar-refractivity contribution < 1.29 is 23.5 Å². The zero-order valence-electron chi connectivity index (χ0n) is 16.1. The molecule has 8 heteroatoms. The van der Waals surface area contributed by atoms with E-state index in [9.17, 15) is 18.8 Å². The lowest BCUT2D eigenvalue weighted by Crippen LogP contribution is -2.53. The number of amides is 2. The van der Waals surface area contributed by atoms with Gasteiger partial charge in [-0.2, -0.15) is 0 Å². The van der Waals surface area contributed by atoms with E-state index in [1.807, 2.05) is 24.3 Å². The Kier molecular flexibility index (Phi) is 8.56. The van der Waals surface area contributed by atoms with Crippen molar-refractivity contribution in [2.45, 2.75) is 31.8 Å². The number of ether oxygens (including phenoxy) is 1. The predicted molar refractivity (Wildman–Crippen MR) is 115 cm³/mol. The lowest BCUT2D eigenvalue weighted by Gasteiger charge is -2.22. The Hall–Kier alpha value is -2.49. The Bertz CT molecular complexity index is 890. The third-order valence-electron chi connectivity index (χ3n) is 4.26. The van der Waals surface area contributed by atoms with Crippen molar-refractivity contribution in [2.24, 2.45) is 0 Å². The molecule has 0 aliphatic heterocycles. The van der Waals surface area contributed by atoms with E-state index in [-0.39, 0.29) is 18.4 Å². The smallest absolute Gasteiger partial charge is 0.328 e. The second-order valence-electron chi connectivity index (χ2n) is 6.43. The van der Waals surface area contributed by atoms with Gasteiger partial charge in [-0.15, -0.1) is 0 Å². The number of methoxy groups -OCH3 is 1. The van der Waals surface area contributed by atoms with Gasteiger partial charge in [0.05, 0.1) is 7.11 Å². The molecular formula is C21H22FIN2O4. The number of esters is 1. The van der Waals surface area contributed by atoms with Crippen LogP contribution in [0.4, 0.5) is 4.39 Å². The normalized spacial score (nSPS) is 12.6. The summed E-state index contributed by atoms with van der Waals surface area (Å²) in [6, 6.07) is 11.5. The molecule has 0 bridgehead atoms. The van der Waals surface area contributed by atoms with Crippen LogP contribution < -0.4 is 10.6 Å². The number of benzene rings is 2. The minimum absolute atomic E-state index is 0.0468. The van der Waals surface area contributed by atoms with Gasteiger partial charge < -0.3 is 15.4 Å². The molecule has 0 spiro atoms. The van der Waals surface area contributed by atoms with Crippen molar-refractivity contribution in [2.75, 3.05) is 7.11 Å². The SMILES string of the molecule is COC(=O)[C@@H](Cc1ccccc1I)NC(=O)[C@H](Cc1ccccc1F)NC(C)=O. The van der Waals surface area contributed by atoms with Crippen molar-refractivity contribution in [3.05, 3.63) is 69.0 Å². The monoisotopic (exact) mass is 512 g/mol. The lowest BCUT2D eigenvalue weighted by atomic mass is 10.0. The summed E-state index contributed by atoms with van der Waals surface area (Å²) in [6.45, 7) is 1.27. The van der Waals surface area contributed by atoms with Crippen LogP contribution in [0.5, 0.6) is 0 Å². The van der Waals surface area contributed by atoms with Crippen LogP contribution >= 0.6 is 22.6 Å². The molecule has 0 unspecified atom stereocenters. The molecule has 154 valence electrons. The summed E-state index contributed by atoms with van der Waals surface area (Å²) in [4.78, 5) is 36.6. The summed E-state index contributed by atoms with van der Waals surface area (Å²) in [7, 11) is 1.24. The Labute approximate surface area is 182 Å². The summed E-state index contributed by atoms with van der Waals surface area (Å²) in [6.07, 6.45) is 0.179.